The fourth-order valence-electron chi connectivity index (χ4n) is 1.61. The molecule has 0 bridgehead atoms. The summed E-state index contributed by atoms with van der Waals surface area (Å²) in [4.78, 5) is 11.9. The van der Waals surface area contributed by atoms with E-state index in [2.05, 4.69) is 5.16 Å². The molecule has 16 heavy (non-hydrogen) atoms. The van der Waals surface area contributed by atoms with Gasteiger partial charge in [0.05, 0.1) is 6.54 Å². The van der Waals surface area contributed by atoms with Crippen LogP contribution in [0.2, 0.25) is 0 Å². The van der Waals surface area contributed by atoms with Gasteiger partial charge in [0.25, 0.3) is 0 Å². The summed E-state index contributed by atoms with van der Waals surface area (Å²) in [5, 5.41) is 3.86. The van der Waals surface area contributed by atoms with E-state index in [-0.39, 0.29) is 11.7 Å². The van der Waals surface area contributed by atoms with E-state index in [0.29, 0.717) is 6.54 Å². The highest BCUT2D eigenvalue weighted by atomic mass is 16.5. The molecule has 0 unspecified atom stereocenters. The summed E-state index contributed by atoms with van der Waals surface area (Å²) in [5.74, 6) is 0.756. The first-order chi connectivity index (χ1) is 7.58. The van der Waals surface area contributed by atoms with Gasteiger partial charge in [-0.1, -0.05) is 5.16 Å². The van der Waals surface area contributed by atoms with Crippen molar-refractivity contribution in [1.82, 2.24) is 14.3 Å². The molecule has 0 saturated heterocycles. The molecule has 0 saturated carbocycles. The van der Waals surface area contributed by atoms with Gasteiger partial charge in [-0.2, -0.15) is 0 Å². The van der Waals surface area contributed by atoms with Crippen LogP contribution in [0.25, 0.3) is 0 Å². The predicted octanol–water partition coefficient (Wildman–Crippen LogP) is 1.58. The Labute approximate surface area is 93.3 Å². The zero-order chi connectivity index (χ0) is 11.7. The minimum absolute atomic E-state index is 0.0179. The Balaban J connectivity index is 2.26. The molecule has 0 atom stereocenters. The fraction of sp³-hybridized carbons (Fsp3) is 0.455. The van der Waals surface area contributed by atoms with E-state index in [1.54, 1.807) is 21.5 Å². The first-order valence-electron chi connectivity index (χ1n) is 5.27. The Bertz CT molecular complexity index is 533. The third kappa shape index (κ3) is 1.93. The van der Waals surface area contributed by atoms with Gasteiger partial charge in [0.1, 0.15) is 11.5 Å². The van der Waals surface area contributed by atoms with Crippen LogP contribution in [0.15, 0.2) is 27.8 Å². The molecule has 0 aliphatic heterocycles. The van der Waals surface area contributed by atoms with Gasteiger partial charge in [-0.15, -0.1) is 0 Å². The van der Waals surface area contributed by atoms with Crippen molar-refractivity contribution in [2.24, 2.45) is 0 Å². The lowest BCUT2D eigenvalue weighted by atomic mass is 10.4. The number of hydrogen-bond donors (Lipinski definition) is 0. The van der Waals surface area contributed by atoms with E-state index < -0.39 is 0 Å². The molecule has 0 aliphatic carbocycles. The van der Waals surface area contributed by atoms with Gasteiger partial charge in [-0.25, -0.2) is 4.79 Å². The van der Waals surface area contributed by atoms with E-state index in [1.165, 1.54) is 0 Å². The predicted molar refractivity (Wildman–Crippen MR) is 59.4 cm³/mol. The minimum Gasteiger partial charge on any atom is -0.361 e. The lowest BCUT2D eigenvalue weighted by Gasteiger charge is -2.03. The molecular weight excluding hydrogens is 206 g/mol. The molecule has 0 aromatic carbocycles. The van der Waals surface area contributed by atoms with Crippen molar-refractivity contribution in [3.05, 3.63) is 40.4 Å². The highest BCUT2D eigenvalue weighted by molar-refractivity contribution is 5.04. The lowest BCUT2D eigenvalue weighted by Crippen LogP contribution is -2.25. The molecule has 2 rings (SSSR count). The van der Waals surface area contributed by atoms with Crippen molar-refractivity contribution in [1.29, 1.82) is 0 Å². The maximum atomic E-state index is 11.9. The Kier molecular flexibility index (Phi) is 2.68. The first-order valence-corrected chi connectivity index (χ1v) is 5.27. The molecule has 5 heteroatoms. The van der Waals surface area contributed by atoms with E-state index in [1.807, 2.05) is 26.8 Å². The monoisotopic (exact) mass is 221 g/mol. The van der Waals surface area contributed by atoms with Gasteiger partial charge in [0, 0.05) is 24.5 Å². The molecule has 0 aliphatic rings. The smallest absolute Gasteiger partial charge is 0.328 e. The molecule has 0 radical (unpaired) electrons. The second kappa shape index (κ2) is 4.00. The van der Waals surface area contributed by atoms with Crippen LogP contribution in [-0.2, 0) is 6.54 Å². The number of aromatic nitrogens is 3. The van der Waals surface area contributed by atoms with Gasteiger partial charge < -0.3 is 4.52 Å². The van der Waals surface area contributed by atoms with Crippen molar-refractivity contribution in [3.63, 3.8) is 0 Å². The summed E-state index contributed by atoms with van der Waals surface area (Å²) in [5.41, 5.74) is 0.747. The Morgan fingerprint density at radius 1 is 1.44 bits per heavy atom. The first kappa shape index (κ1) is 10.7. The maximum absolute atomic E-state index is 11.9. The summed E-state index contributed by atoms with van der Waals surface area (Å²) in [6.07, 6.45) is 3.56. The number of rotatable bonds is 3. The van der Waals surface area contributed by atoms with Crippen LogP contribution >= 0.6 is 0 Å². The summed E-state index contributed by atoms with van der Waals surface area (Å²) < 4.78 is 8.27. The SMILES string of the molecule is Cc1cc(Cn2ccn(C(C)C)c2=O)no1. The zero-order valence-electron chi connectivity index (χ0n) is 9.67. The molecule has 0 fully saturated rings. The average Bonchev–Trinajstić information content (AvgIpc) is 2.76. The van der Waals surface area contributed by atoms with Crippen molar-refractivity contribution < 1.29 is 4.52 Å². The molecule has 86 valence electrons. The van der Waals surface area contributed by atoms with Gasteiger partial charge in [0.2, 0.25) is 0 Å². The normalized spacial score (nSPS) is 11.2. The number of aryl methyl sites for hydroxylation is 1. The molecule has 2 heterocycles. The molecule has 2 aromatic heterocycles. The number of imidazole rings is 1. The molecular formula is C11H15N3O2. The Morgan fingerprint density at radius 2 is 2.19 bits per heavy atom. The molecule has 0 spiro atoms. The van der Waals surface area contributed by atoms with Crippen LogP contribution in [-0.4, -0.2) is 14.3 Å². The van der Waals surface area contributed by atoms with Crippen molar-refractivity contribution in [3.8, 4) is 0 Å². The summed E-state index contributed by atoms with van der Waals surface area (Å²) in [7, 11) is 0. The second-order valence-electron chi connectivity index (χ2n) is 4.14. The van der Waals surface area contributed by atoms with Gasteiger partial charge in [-0.3, -0.25) is 9.13 Å². The number of nitrogens with zero attached hydrogens (tertiary/aromatic N) is 3. The van der Waals surface area contributed by atoms with E-state index >= 15 is 0 Å². The highest BCUT2D eigenvalue weighted by Gasteiger charge is 2.08. The quantitative estimate of drug-likeness (QED) is 0.790. The summed E-state index contributed by atoms with van der Waals surface area (Å²) in [6.45, 7) is 6.24. The van der Waals surface area contributed by atoms with Gasteiger partial charge >= 0.3 is 5.69 Å². The third-order valence-corrected chi connectivity index (χ3v) is 2.44. The standard InChI is InChI=1S/C11H15N3O2/c1-8(2)14-5-4-13(11(14)15)7-10-6-9(3)16-12-10/h4-6,8H,7H2,1-3H3. The van der Waals surface area contributed by atoms with Crippen LogP contribution in [0.4, 0.5) is 0 Å². The lowest BCUT2D eigenvalue weighted by molar-refractivity contribution is 0.388. The van der Waals surface area contributed by atoms with E-state index in [9.17, 15) is 4.79 Å². The van der Waals surface area contributed by atoms with Crippen LogP contribution < -0.4 is 5.69 Å². The van der Waals surface area contributed by atoms with E-state index in [4.69, 9.17) is 4.52 Å². The second-order valence-corrected chi connectivity index (χ2v) is 4.14. The van der Waals surface area contributed by atoms with Gasteiger partial charge in [0.15, 0.2) is 0 Å². The van der Waals surface area contributed by atoms with E-state index in [0.717, 1.165) is 11.5 Å². The van der Waals surface area contributed by atoms with Crippen molar-refractivity contribution in [2.45, 2.75) is 33.4 Å². The fourth-order valence-corrected chi connectivity index (χ4v) is 1.61. The molecule has 2 aromatic rings. The average molecular weight is 221 g/mol. The minimum atomic E-state index is -0.0179. The van der Waals surface area contributed by atoms with Gasteiger partial charge in [-0.05, 0) is 20.8 Å². The molecule has 0 amide bonds. The summed E-state index contributed by atoms with van der Waals surface area (Å²) >= 11 is 0. The van der Waals surface area contributed by atoms with Crippen molar-refractivity contribution in [2.75, 3.05) is 0 Å². The zero-order valence-corrected chi connectivity index (χ0v) is 9.67. The topological polar surface area (TPSA) is 53.0 Å². The highest BCUT2D eigenvalue weighted by Crippen LogP contribution is 2.04. The Hall–Kier alpha value is -1.78. The van der Waals surface area contributed by atoms with Crippen molar-refractivity contribution >= 4 is 0 Å². The molecule has 5 nitrogen and oxygen atoms in total. The molecule has 0 N–H and O–H groups in total. The maximum Gasteiger partial charge on any atom is 0.328 e. The summed E-state index contributed by atoms with van der Waals surface area (Å²) in [6, 6.07) is 2.01. The third-order valence-electron chi connectivity index (χ3n) is 2.44. The Morgan fingerprint density at radius 3 is 2.69 bits per heavy atom. The van der Waals surface area contributed by atoms with Crippen LogP contribution in [0, 0.1) is 6.92 Å². The van der Waals surface area contributed by atoms with Crippen LogP contribution in [0.1, 0.15) is 31.3 Å². The number of hydrogen-bond acceptors (Lipinski definition) is 3. The largest absolute Gasteiger partial charge is 0.361 e. The van der Waals surface area contributed by atoms with Crippen LogP contribution in [0.5, 0.6) is 0 Å². The van der Waals surface area contributed by atoms with Crippen LogP contribution in [0.3, 0.4) is 0 Å².